The van der Waals surface area contributed by atoms with Crippen molar-refractivity contribution in [1.29, 1.82) is 0 Å². The Morgan fingerprint density at radius 2 is 1.64 bits per heavy atom. The maximum Gasteiger partial charge on any atom is 0.237 e. The lowest BCUT2D eigenvalue weighted by Gasteiger charge is -2.34. The lowest BCUT2D eigenvalue weighted by atomic mass is 9.95. The largest absolute Gasteiger partial charge is 0.342 e. The van der Waals surface area contributed by atoms with Crippen molar-refractivity contribution in [3.8, 4) is 0 Å². The fourth-order valence-electron chi connectivity index (χ4n) is 3.88. The van der Waals surface area contributed by atoms with E-state index in [0.717, 1.165) is 64.0 Å². The first-order chi connectivity index (χ1) is 12.0. The lowest BCUT2D eigenvalue weighted by Crippen LogP contribution is -2.46. The van der Waals surface area contributed by atoms with Crippen LogP contribution >= 0.6 is 0 Å². The summed E-state index contributed by atoms with van der Waals surface area (Å²) >= 11 is 0. The van der Waals surface area contributed by atoms with Gasteiger partial charge in [0, 0.05) is 32.1 Å². The van der Waals surface area contributed by atoms with Gasteiger partial charge in [-0.3, -0.25) is 14.5 Å². The number of hydrogen-bond acceptors (Lipinski definition) is 3. The molecule has 0 bridgehead atoms. The third kappa shape index (κ3) is 6.14. The number of carbonyl (C=O) groups excluding carboxylic acids is 2. The first kappa shape index (κ1) is 20.0. The van der Waals surface area contributed by atoms with Crippen molar-refractivity contribution < 1.29 is 9.59 Å². The number of piperidine rings is 1. The molecule has 0 N–H and O–H groups in total. The molecule has 2 aliphatic rings. The first-order valence-corrected chi connectivity index (χ1v) is 9.94. The van der Waals surface area contributed by atoms with Crippen LogP contribution in [0.1, 0.15) is 52.4 Å². The lowest BCUT2D eigenvalue weighted by molar-refractivity contribution is -0.137. The second kappa shape index (κ2) is 9.95. The summed E-state index contributed by atoms with van der Waals surface area (Å²) in [6.45, 7) is 13.2. The summed E-state index contributed by atoms with van der Waals surface area (Å²) in [5.74, 6) is 0.676. The summed E-state index contributed by atoms with van der Waals surface area (Å²) in [5.41, 5.74) is 1.01. The molecule has 0 saturated carbocycles. The Balaban J connectivity index is 1.77. The van der Waals surface area contributed by atoms with E-state index in [-0.39, 0.29) is 11.8 Å². The molecule has 0 aliphatic carbocycles. The van der Waals surface area contributed by atoms with Crippen LogP contribution in [-0.4, -0.2) is 72.3 Å². The van der Waals surface area contributed by atoms with Crippen LogP contribution in [0, 0.1) is 5.92 Å². The summed E-state index contributed by atoms with van der Waals surface area (Å²) in [7, 11) is 0. The van der Waals surface area contributed by atoms with Crippen molar-refractivity contribution in [2.75, 3.05) is 45.8 Å². The monoisotopic (exact) mass is 349 g/mol. The van der Waals surface area contributed by atoms with Gasteiger partial charge in [-0.05, 0) is 52.6 Å². The van der Waals surface area contributed by atoms with Gasteiger partial charge in [-0.1, -0.05) is 25.0 Å². The minimum absolute atomic E-state index is 0.155. The van der Waals surface area contributed by atoms with Gasteiger partial charge in [0.1, 0.15) is 0 Å². The predicted molar refractivity (Wildman–Crippen MR) is 101 cm³/mol. The highest BCUT2D eigenvalue weighted by Crippen LogP contribution is 2.21. The zero-order valence-electron chi connectivity index (χ0n) is 16.1. The number of nitrogens with zero attached hydrogens (tertiary/aromatic N) is 3. The minimum Gasteiger partial charge on any atom is -0.342 e. The van der Waals surface area contributed by atoms with Gasteiger partial charge in [-0.2, -0.15) is 0 Å². The molecule has 0 radical (unpaired) electrons. The molecular weight excluding hydrogens is 314 g/mol. The highest BCUT2D eigenvalue weighted by atomic mass is 16.2. The van der Waals surface area contributed by atoms with E-state index in [1.807, 2.05) is 18.7 Å². The number of likely N-dealkylation sites (tertiary alicyclic amines) is 2. The van der Waals surface area contributed by atoms with E-state index in [2.05, 4.69) is 16.4 Å². The molecule has 0 aromatic carbocycles. The second-order valence-electron chi connectivity index (χ2n) is 7.65. The molecule has 2 saturated heterocycles. The van der Waals surface area contributed by atoms with E-state index in [0.29, 0.717) is 19.0 Å². The number of amides is 2. The summed E-state index contributed by atoms with van der Waals surface area (Å²) in [6.07, 6.45) is 6.57. The molecule has 0 aromatic heterocycles. The number of likely N-dealkylation sites (N-methyl/N-ethyl adjacent to an activating group) is 1. The Morgan fingerprint density at radius 3 is 2.16 bits per heavy atom. The summed E-state index contributed by atoms with van der Waals surface area (Å²) in [5, 5.41) is 0. The first-order valence-electron chi connectivity index (χ1n) is 9.94. The van der Waals surface area contributed by atoms with E-state index in [4.69, 9.17) is 0 Å². The summed E-state index contributed by atoms with van der Waals surface area (Å²) < 4.78 is 0. The third-order valence-electron chi connectivity index (χ3n) is 5.41. The van der Waals surface area contributed by atoms with E-state index in [1.54, 1.807) is 0 Å². The van der Waals surface area contributed by atoms with E-state index in [9.17, 15) is 9.59 Å². The SMILES string of the molecule is C=C(C)CN(CC)C(=O)CN1CCC(C(=O)N2CCCCCC2)CC1. The minimum atomic E-state index is 0.155. The van der Waals surface area contributed by atoms with Gasteiger partial charge in [0.15, 0.2) is 0 Å². The molecule has 2 fully saturated rings. The van der Waals surface area contributed by atoms with Crippen molar-refractivity contribution in [1.82, 2.24) is 14.7 Å². The molecule has 0 unspecified atom stereocenters. The highest BCUT2D eigenvalue weighted by Gasteiger charge is 2.29. The van der Waals surface area contributed by atoms with Gasteiger partial charge in [-0.25, -0.2) is 0 Å². The zero-order chi connectivity index (χ0) is 18.2. The van der Waals surface area contributed by atoms with Gasteiger partial charge < -0.3 is 9.80 Å². The van der Waals surface area contributed by atoms with Crippen molar-refractivity contribution in [2.45, 2.75) is 52.4 Å². The van der Waals surface area contributed by atoms with E-state index >= 15 is 0 Å². The number of carbonyl (C=O) groups is 2. The Morgan fingerprint density at radius 1 is 1.04 bits per heavy atom. The van der Waals surface area contributed by atoms with Gasteiger partial charge in [0.2, 0.25) is 11.8 Å². The van der Waals surface area contributed by atoms with Crippen LogP contribution in [0.2, 0.25) is 0 Å². The quantitative estimate of drug-likeness (QED) is 0.692. The zero-order valence-corrected chi connectivity index (χ0v) is 16.1. The van der Waals surface area contributed by atoms with Crippen molar-refractivity contribution in [3.63, 3.8) is 0 Å². The second-order valence-corrected chi connectivity index (χ2v) is 7.65. The van der Waals surface area contributed by atoms with Crippen LogP contribution in [-0.2, 0) is 9.59 Å². The van der Waals surface area contributed by atoms with Crippen LogP contribution in [0.3, 0.4) is 0 Å². The van der Waals surface area contributed by atoms with E-state index in [1.165, 1.54) is 12.8 Å². The molecule has 5 heteroatoms. The molecule has 2 heterocycles. The van der Waals surface area contributed by atoms with Gasteiger partial charge in [0.05, 0.1) is 6.54 Å². The molecule has 142 valence electrons. The Bertz CT molecular complexity index is 462. The standard InChI is InChI=1S/C20H35N3O2/c1-4-22(15-17(2)3)19(24)16-21-13-9-18(10-14-21)20(25)23-11-7-5-6-8-12-23/h18H,2,4-16H2,1,3H3. The maximum atomic E-state index is 12.7. The predicted octanol–water partition coefficient (Wildman–Crippen LogP) is 2.53. The fraction of sp³-hybridized carbons (Fsp3) is 0.800. The molecule has 2 aliphatic heterocycles. The Hall–Kier alpha value is -1.36. The smallest absolute Gasteiger partial charge is 0.237 e. The molecule has 2 amide bonds. The fourth-order valence-corrected chi connectivity index (χ4v) is 3.88. The third-order valence-corrected chi connectivity index (χ3v) is 5.41. The molecule has 2 rings (SSSR count). The summed E-state index contributed by atoms with van der Waals surface area (Å²) in [4.78, 5) is 31.3. The Labute approximate surface area is 153 Å². The van der Waals surface area contributed by atoms with Crippen LogP contribution in [0.5, 0.6) is 0 Å². The van der Waals surface area contributed by atoms with Crippen LogP contribution in [0.25, 0.3) is 0 Å². The molecule has 25 heavy (non-hydrogen) atoms. The number of hydrogen-bond donors (Lipinski definition) is 0. The van der Waals surface area contributed by atoms with Crippen molar-refractivity contribution >= 4 is 11.8 Å². The average molecular weight is 350 g/mol. The van der Waals surface area contributed by atoms with Crippen LogP contribution < -0.4 is 0 Å². The Kier molecular flexibility index (Phi) is 7.94. The highest BCUT2D eigenvalue weighted by molar-refractivity contribution is 5.80. The van der Waals surface area contributed by atoms with Crippen molar-refractivity contribution in [3.05, 3.63) is 12.2 Å². The molecule has 0 aromatic rings. The number of rotatable bonds is 6. The molecule has 0 atom stereocenters. The maximum absolute atomic E-state index is 12.7. The topological polar surface area (TPSA) is 43.9 Å². The molecular formula is C20H35N3O2. The van der Waals surface area contributed by atoms with Crippen LogP contribution in [0.4, 0.5) is 0 Å². The van der Waals surface area contributed by atoms with Crippen LogP contribution in [0.15, 0.2) is 12.2 Å². The molecule has 5 nitrogen and oxygen atoms in total. The normalized spacial score (nSPS) is 20.2. The van der Waals surface area contributed by atoms with Gasteiger partial charge in [-0.15, -0.1) is 0 Å². The summed E-state index contributed by atoms with van der Waals surface area (Å²) in [6, 6.07) is 0. The average Bonchev–Trinajstić information content (AvgIpc) is 2.88. The van der Waals surface area contributed by atoms with Crippen molar-refractivity contribution in [2.24, 2.45) is 5.92 Å². The van der Waals surface area contributed by atoms with E-state index < -0.39 is 0 Å². The molecule has 0 spiro atoms. The van der Waals surface area contributed by atoms with Gasteiger partial charge >= 0.3 is 0 Å². The van der Waals surface area contributed by atoms with Gasteiger partial charge in [0.25, 0.3) is 0 Å².